The minimum absolute atomic E-state index is 0.155. The summed E-state index contributed by atoms with van der Waals surface area (Å²) in [5, 5.41) is 14.4. The molecule has 0 radical (unpaired) electrons. The van der Waals surface area contributed by atoms with Crippen LogP contribution in [0.1, 0.15) is 60.9 Å². The van der Waals surface area contributed by atoms with Crippen molar-refractivity contribution in [3.05, 3.63) is 29.2 Å². The maximum absolute atomic E-state index is 12.7. The molecule has 2 aromatic heterocycles. The third kappa shape index (κ3) is 4.30. The fourth-order valence-corrected chi connectivity index (χ4v) is 4.66. The van der Waals surface area contributed by atoms with Crippen LogP contribution < -0.4 is 5.32 Å². The highest BCUT2D eigenvalue weighted by atomic mass is 16.5. The van der Waals surface area contributed by atoms with Gasteiger partial charge in [-0.05, 0) is 39.2 Å². The minimum atomic E-state index is -0.267. The van der Waals surface area contributed by atoms with Gasteiger partial charge in [0.2, 0.25) is 0 Å². The van der Waals surface area contributed by atoms with Crippen molar-refractivity contribution in [2.24, 2.45) is 7.05 Å². The predicted molar refractivity (Wildman–Crippen MR) is 115 cm³/mol. The molecule has 2 aliphatic rings. The molecule has 10 nitrogen and oxygen atoms in total. The molecule has 3 amide bonds. The molecular weight excluding hydrogens is 398 g/mol. The van der Waals surface area contributed by atoms with Gasteiger partial charge in [-0.3, -0.25) is 14.6 Å². The Kier molecular flexibility index (Phi) is 5.99. The number of methoxy groups -OCH3 is 1. The van der Waals surface area contributed by atoms with Crippen LogP contribution in [-0.4, -0.2) is 74.0 Å². The van der Waals surface area contributed by atoms with E-state index in [0.29, 0.717) is 29.7 Å². The molecular formula is C21H31N7O3. The number of carbonyl (C=O) groups excluding carboxylic acids is 2. The fraction of sp³-hybridized carbons (Fsp3) is 0.619. The number of urea groups is 1. The van der Waals surface area contributed by atoms with E-state index < -0.39 is 0 Å². The summed E-state index contributed by atoms with van der Waals surface area (Å²) in [5.74, 6) is 0.520. The molecule has 31 heavy (non-hydrogen) atoms. The molecule has 0 bridgehead atoms. The van der Waals surface area contributed by atoms with Crippen molar-refractivity contribution in [3.8, 4) is 0 Å². The molecule has 1 aliphatic heterocycles. The second kappa shape index (κ2) is 8.70. The number of aromatic amines is 1. The number of aryl methyl sites for hydroxylation is 1. The molecule has 10 heteroatoms. The average Bonchev–Trinajstić information content (AvgIpc) is 3.48. The van der Waals surface area contributed by atoms with Gasteiger partial charge in [-0.15, -0.1) is 0 Å². The molecule has 2 atom stereocenters. The normalized spacial score (nSPS) is 21.5. The molecule has 0 unspecified atom stereocenters. The van der Waals surface area contributed by atoms with E-state index in [9.17, 15) is 9.59 Å². The van der Waals surface area contributed by atoms with Crippen LogP contribution in [0.4, 0.5) is 10.6 Å². The number of anilines is 1. The van der Waals surface area contributed by atoms with Gasteiger partial charge in [-0.1, -0.05) is 0 Å². The van der Waals surface area contributed by atoms with Gasteiger partial charge in [0.15, 0.2) is 5.82 Å². The van der Waals surface area contributed by atoms with E-state index in [1.807, 2.05) is 15.9 Å². The molecule has 2 aromatic rings. The predicted octanol–water partition coefficient (Wildman–Crippen LogP) is 2.32. The lowest BCUT2D eigenvalue weighted by atomic mass is 10.0. The van der Waals surface area contributed by atoms with Crippen LogP contribution >= 0.6 is 0 Å². The van der Waals surface area contributed by atoms with Crippen molar-refractivity contribution in [2.75, 3.05) is 25.5 Å². The van der Waals surface area contributed by atoms with E-state index in [2.05, 4.69) is 34.5 Å². The second-order valence-electron chi connectivity index (χ2n) is 8.67. The third-order valence-corrected chi connectivity index (χ3v) is 6.28. The number of nitrogens with zero attached hydrogens (tertiary/aromatic N) is 5. The molecule has 168 valence electrons. The molecule has 2 fully saturated rings. The van der Waals surface area contributed by atoms with Crippen molar-refractivity contribution >= 4 is 17.8 Å². The van der Waals surface area contributed by atoms with Crippen molar-refractivity contribution in [3.63, 3.8) is 0 Å². The number of aromatic nitrogens is 4. The largest absolute Gasteiger partial charge is 0.378 e. The summed E-state index contributed by atoms with van der Waals surface area (Å²) in [7, 11) is 3.32. The van der Waals surface area contributed by atoms with E-state index in [1.165, 1.54) is 4.68 Å². The zero-order valence-electron chi connectivity index (χ0n) is 18.6. The Morgan fingerprint density at radius 2 is 2.13 bits per heavy atom. The number of ether oxygens (including phenoxy) is 1. The van der Waals surface area contributed by atoms with Crippen LogP contribution in [0.3, 0.4) is 0 Å². The first-order valence-electron chi connectivity index (χ1n) is 10.8. The van der Waals surface area contributed by atoms with Gasteiger partial charge in [0.05, 0.1) is 12.3 Å². The van der Waals surface area contributed by atoms with Gasteiger partial charge in [0.25, 0.3) is 5.91 Å². The topological polar surface area (TPSA) is 108 Å². The van der Waals surface area contributed by atoms with Gasteiger partial charge in [-0.25, -0.2) is 4.79 Å². The molecule has 2 N–H and O–H groups in total. The number of hydrogen-bond acceptors (Lipinski definition) is 5. The van der Waals surface area contributed by atoms with Crippen LogP contribution in [0.25, 0.3) is 0 Å². The Hall–Kier alpha value is -2.88. The molecule has 1 aliphatic carbocycles. The number of rotatable bonds is 7. The standard InChI is InChI=1S/C21H31N7O3/c1-13(2)27-7-8-28(21(27)30)16-6-5-14(9-16)17-11-19(24-23-17)22-20(29)18-10-15(12-31-4)25-26(18)3/h10-11,13-14,16H,5-9,12H2,1-4H3,(H2,22,23,24,29)/t14-,16+/m1/s1. The van der Waals surface area contributed by atoms with Gasteiger partial charge in [-0.2, -0.15) is 10.2 Å². The Bertz CT molecular complexity index is 951. The van der Waals surface area contributed by atoms with Crippen molar-refractivity contribution in [1.29, 1.82) is 0 Å². The Labute approximate surface area is 181 Å². The SMILES string of the molecule is COCc1cc(C(=O)Nc2cc([C@@H]3CC[C@H](N4CCN(C(C)C)C4=O)C3)[nH]n2)n(C)n1. The van der Waals surface area contributed by atoms with Gasteiger partial charge in [0.1, 0.15) is 5.69 Å². The lowest BCUT2D eigenvalue weighted by Crippen LogP contribution is -2.40. The van der Waals surface area contributed by atoms with Crippen LogP contribution in [0.2, 0.25) is 0 Å². The summed E-state index contributed by atoms with van der Waals surface area (Å²) in [5.41, 5.74) is 2.14. The summed E-state index contributed by atoms with van der Waals surface area (Å²) in [6.45, 7) is 6.07. The molecule has 0 spiro atoms. The van der Waals surface area contributed by atoms with Crippen LogP contribution in [0.15, 0.2) is 12.1 Å². The van der Waals surface area contributed by atoms with E-state index >= 15 is 0 Å². The summed E-state index contributed by atoms with van der Waals surface area (Å²) < 4.78 is 6.61. The van der Waals surface area contributed by atoms with E-state index in [-0.39, 0.29) is 24.0 Å². The molecule has 1 saturated carbocycles. The zero-order chi connectivity index (χ0) is 22.1. The maximum atomic E-state index is 12.7. The number of nitrogens with one attached hydrogen (secondary N) is 2. The lowest BCUT2D eigenvalue weighted by Gasteiger charge is -2.26. The molecule has 0 aromatic carbocycles. The second-order valence-corrected chi connectivity index (χ2v) is 8.67. The van der Waals surface area contributed by atoms with Gasteiger partial charge in [0, 0.05) is 57.0 Å². The number of H-pyrrole nitrogens is 1. The van der Waals surface area contributed by atoms with E-state index in [0.717, 1.165) is 38.0 Å². The maximum Gasteiger partial charge on any atom is 0.320 e. The summed E-state index contributed by atoms with van der Waals surface area (Å²) in [4.78, 5) is 29.3. The summed E-state index contributed by atoms with van der Waals surface area (Å²) >= 11 is 0. The zero-order valence-corrected chi connectivity index (χ0v) is 18.6. The van der Waals surface area contributed by atoms with Gasteiger partial charge < -0.3 is 19.9 Å². The molecule has 1 saturated heterocycles. The van der Waals surface area contributed by atoms with Crippen molar-refractivity contribution < 1.29 is 14.3 Å². The monoisotopic (exact) mass is 429 g/mol. The first kappa shape index (κ1) is 21.4. The first-order valence-corrected chi connectivity index (χ1v) is 10.8. The highest BCUT2D eigenvalue weighted by Crippen LogP contribution is 2.38. The van der Waals surface area contributed by atoms with Crippen LogP contribution in [0, 0.1) is 0 Å². The highest BCUT2D eigenvalue weighted by molar-refractivity contribution is 6.02. The number of carbonyl (C=O) groups is 2. The van der Waals surface area contributed by atoms with Crippen LogP contribution in [0.5, 0.6) is 0 Å². The lowest BCUT2D eigenvalue weighted by molar-refractivity contribution is 0.101. The Balaban J connectivity index is 1.36. The smallest absolute Gasteiger partial charge is 0.320 e. The van der Waals surface area contributed by atoms with Crippen molar-refractivity contribution in [1.82, 2.24) is 29.8 Å². The Morgan fingerprint density at radius 1 is 1.32 bits per heavy atom. The number of amides is 3. The first-order chi connectivity index (χ1) is 14.9. The fourth-order valence-electron chi connectivity index (χ4n) is 4.66. The highest BCUT2D eigenvalue weighted by Gasteiger charge is 2.39. The van der Waals surface area contributed by atoms with E-state index in [1.54, 1.807) is 20.2 Å². The average molecular weight is 430 g/mol. The summed E-state index contributed by atoms with van der Waals surface area (Å²) in [6, 6.07) is 4.25. The molecule has 3 heterocycles. The number of hydrogen-bond donors (Lipinski definition) is 2. The third-order valence-electron chi connectivity index (χ3n) is 6.28. The quantitative estimate of drug-likeness (QED) is 0.702. The summed E-state index contributed by atoms with van der Waals surface area (Å²) in [6.07, 6.45) is 2.89. The minimum Gasteiger partial charge on any atom is -0.378 e. The molecule has 4 rings (SSSR count). The van der Waals surface area contributed by atoms with Gasteiger partial charge >= 0.3 is 6.03 Å². The van der Waals surface area contributed by atoms with E-state index in [4.69, 9.17) is 4.74 Å². The van der Waals surface area contributed by atoms with Crippen LogP contribution in [-0.2, 0) is 18.4 Å². The Morgan fingerprint density at radius 3 is 2.84 bits per heavy atom. The van der Waals surface area contributed by atoms with Crippen molar-refractivity contribution in [2.45, 2.75) is 57.7 Å².